The molecule has 2 rings (SSSR count). The summed E-state index contributed by atoms with van der Waals surface area (Å²) in [5, 5.41) is 12.2. The number of aliphatic hydroxyl groups is 1. The van der Waals surface area contributed by atoms with E-state index in [9.17, 15) is 0 Å². The fraction of sp³-hybridized carbons (Fsp3) is 1.00. The quantitative estimate of drug-likeness (QED) is 0.612. The lowest BCUT2D eigenvalue weighted by Crippen LogP contribution is -2.34. The second-order valence-electron chi connectivity index (χ2n) is 5.35. The van der Waals surface area contributed by atoms with Crippen LogP contribution in [0, 0.1) is 0 Å². The predicted molar refractivity (Wildman–Crippen MR) is 68.1 cm³/mol. The zero-order valence-electron chi connectivity index (χ0n) is 10.9. The summed E-state index contributed by atoms with van der Waals surface area (Å²) in [6.07, 6.45) is 5.14. The van der Waals surface area contributed by atoms with Crippen molar-refractivity contribution in [3.05, 3.63) is 0 Å². The maximum absolute atomic E-state index is 8.57. The number of hydrogen-bond acceptors (Lipinski definition) is 4. The van der Waals surface area contributed by atoms with E-state index in [2.05, 4.69) is 17.1 Å². The van der Waals surface area contributed by atoms with Crippen molar-refractivity contribution in [1.29, 1.82) is 0 Å². The van der Waals surface area contributed by atoms with E-state index >= 15 is 0 Å². The third-order valence-corrected chi connectivity index (χ3v) is 3.77. The molecule has 0 bridgehead atoms. The summed E-state index contributed by atoms with van der Waals surface area (Å²) in [7, 11) is 0. The van der Waals surface area contributed by atoms with Crippen LogP contribution in [-0.2, 0) is 4.74 Å². The van der Waals surface area contributed by atoms with Crippen LogP contribution in [0.5, 0.6) is 0 Å². The van der Waals surface area contributed by atoms with E-state index in [0.717, 1.165) is 31.7 Å². The molecule has 0 aromatic rings. The largest absolute Gasteiger partial charge is 0.394 e. The minimum absolute atomic E-state index is 0.129. The molecule has 2 atom stereocenters. The van der Waals surface area contributed by atoms with Crippen LogP contribution < -0.4 is 5.32 Å². The summed E-state index contributed by atoms with van der Waals surface area (Å²) in [5.41, 5.74) is 0. The third-order valence-electron chi connectivity index (χ3n) is 3.77. The minimum atomic E-state index is 0.129. The second kappa shape index (κ2) is 6.69. The molecule has 0 amide bonds. The number of likely N-dealkylation sites (tertiary alicyclic amines) is 1. The zero-order chi connectivity index (χ0) is 12.1. The molecule has 2 unspecified atom stereocenters. The van der Waals surface area contributed by atoms with Crippen molar-refractivity contribution in [1.82, 2.24) is 10.2 Å². The lowest BCUT2D eigenvalue weighted by Gasteiger charge is -2.19. The Kier molecular flexibility index (Phi) is 5.22. The highest BCUT2D eigenvalue weighted by atomic mass is 16.5. The molecule has 4 nitrogen and oxygen atoms in total. The Morgan fingerprint density at radius 3 is 2.88 bits per heavy atom. The summed E-state index contributed by atoms with van der Waals surface area (Å²) in [4.78, 5) is 2.67. The first kappa shape index (κ1) is 13.3. The van der Waals surface area contributed by atoms with Gasteiger partial charge in [-0.05, 0) is 39.2 Å². The van der Waals surface area contributed by atoms with Gasteiger partial charge in [0.05, 0.1) is 13.2 Å². The van der Waals surface area contributed by atoms with Gasteiger partial charge >= 0.3 is 0 Å². The first-order chi connectivity index (χ1) is 8.31. The molecular formula is C13H26N2O2. The maximum Gasteiger partial charge on any atom is 0.0697 e. The molecule has 1 heterocycles. The van der Waals surface area contributed by atoms with Gasteiger partial charge < -0.3 is 15.2 Å². The van der Waals surface area contributed by atoms with Gasteiger partial charge in [0.2, 0.25) is 0 Å². The van der Waals surface area contributed by atoms with E-state index in [-0.39, 0.29) is 6.61 Å². The van der Waals surface area contributed by atoms with Crippen LogP contribution in [0.25, 0.3) is 0 Å². The molecule has 1 saturated carbocycles. The van der Waals surface area contributed by atoms with Gasteiger partial charge in [-0.2, -0.15) is 0 Å². The van der Waals surface area contributed by atoms with Gasteiger partial charge in [0.25, 0.3) is 0 Å². The molecule has 1 saturated heterocycles. The molecule has 4 heteroatoms. The molecule has 0 radical (unpaired) electrons. The van der Waals surface area contributed by atoms with E-state index in [1.54, 1.807) is 0 Å². The summed E-state index contributed by atoms with van der Waals surface area (Å²) in [5.74, 6) is 0. The zero-order valence-corrected chi connectivity index (χ0v) is 10.9. The number of aliphatic hydroxyl groups excluding tert-OH is 1. The molecule has 1 aliphatic carbocycles. The third kappa shape index (κ3) is 4.21. The van der Waals surface area contributed by atoms with Crippen LogP contribution in [0.3, 0.4) is 0 Å². The molecule has 0 spiro atoms. The Balaban J connectivity index is 1.52. The van der Waals surface area contributed by atoms with Crippen molar-refractivity contribution in [3.63, 3.8) is 0 Å². The Morgan fingerprint density at radius 2 is 2.18 bits per heavy atom. The summed E-state index contributed by atoms with van der Waals surface area (Å²) >= 11 is 0. The average molecular weight is 242 g/mol. The molecule has 100 valence electrons. The van der Waals surface area contributed by atoms with Crippen molar-refractivity contribution < 1.29 is 9.84 Å². The number of ether oxygens (including phenoxy) is 1. The Labute approximate surface area is 104 Å². The van der Waals surface area contributed by atoms with Crippen LogP contribution in [0.15, 0.2) is 0 Å². The van der Waals surface area contributed by atoms with Gasteiger partial charge in [0, 0.05) is 31.3 Å². The van der Waals surface area contributed by atoms with Gasteiger partial charge in [0.1, 0.15) is 0 Å². The summed E-state index contributed by atoms with van der Waals surface area (Å²) in [6.45, 7) is 5.96. The van der Waals surface area contributed by atoms with Crippen LogP contribution in [0.1, 0.15) is 32.6 Å². The monoisotopic (exact) mass is 242 g/mol. The summed E-state index contributed by atoms with van der Waals surface area (Å²) in [6, 6.07) is 2.32. The molecule has 1 aliphatic heterocycles. The van der Waals surface area contributed by atoms with Crippen molar-refractivity contribution in [2.45, 2.75) is 50.7 Å². The normalized spacial score (nSPS) is 30.0. The smallest absolute Gasteiger partial charge is 0.0697 e. The SMILES string of the molecule is CC1CC(NCCCOCCO)CN1C1CC1. The lowest BCUT2D eigenvalue weighted by atomic mass is 10.2. The van der Waals surface area contributed by atoms with Gasteiger partial charge in [0.15, 0.2) is 0 Å². The Bertz CT molecular complexity index is 221. The fourth-order valence-corrected chi connectivity index (χ4v) is 2.77. The molecule has 17 heavy (non-hydrogen) atoms. The molecule has 2 N–H and O–H groups in total. The first-order valence-electron chi connectivity index (χ1n) is 6.99. The topological polar surface area (TPSA) is 44.7 Å². The standard InChI is InChI=1S/C13H26N2O2/c1-11-9-12(10-15(11)13-3-4-13)14-5-2-7-17-8-6-16/h11-14,16H,2-10H2,1H3. The number of rotatable bonds is 8. The number of nitrogens with zero attached hydrogens (tertiary/aromatic N) is 1. The molecule has 2 aliphatic rings. The van der Waals surface area contributed by atoms with E-state index in [1.165, 1.54) is 25.8 Å². The van der Waals surface area contributed by atoms with E-state index < -0.39 is 0 Å². The van der Waals surface area contributed by atoms with Crippen LogP contribution >= 0.6 is 0 Å². The van der Waals surface area contributed by atoms with Gasteiger partial charge in [-0.3, -0.25) is 4.90 Å². The van der Waals surface area contributed by atoms with E-state index in [0.29, 0.717) is 12.6 Å². The van der Waals surface area contributed by atoms with Crippen molar-refractivity contribution >= 4 is 0 Å². The van der Waals surface area contributed by atoms with Gasteiger partial charge in [-0.1, -0.05) is 0 Å². The highest BCUT2D eigenvalue weighted by Gasteiger charge is 2.38. The van der Waals surface area contributed by atoms with Crippen molar-refractivity contribution in [2.75, 3.05) is 32.9 Å². The Morgan fingerprint density at radius 1 is 1.35 bits per heavy atom. The summed E-state index contributed by atoms with van der Waals surface area (Å²) < 4.78 is 5.24. The minimum Gasteiger partial charge on any atom is -0.394 e. The fourth-order valence-electron chi connectivity index (χ4n) is 2.77. The van der Waals surface area contributed by atoms with Gasteiger partial charge in [-0.15, -0.1) is 0 Å². The van der Waals surface area contributed by atoms with Crippen LogP contribution in [-0.4, -0.2) is 61.0 Å². The number of nitrogens with one attached hydrogen (secondary N) is 1. The van der Waals surface area contributed by atoms with Crippen LogP contribution in [0.4, 0.5) is 0 Å². The molecule has 0 aromatic carbocycles. The lowest BCUT2D eigenvalue weighted by molar-refractivity contribution is 0.0904. The molecular weight excluding hydrogens is 216 g/mol. The highest BCUT2D eigenvalue weighted by molar-refractivity contribution is 4.95. The number of hydrogen-bond donors (Lipinski definition) is 2. The first-order valence-corrected chi connectivity index (χ1v) is 6.99. The predicted octanol–water partition coefficient (Wildman–Crippen LogP) is 0.600. The van der Waals surface area contributed by atoms with Crippen LogP contribution in [0.2, 0.25) is 0 Å². The highest BCUT2D eigenvalue weighted by Crippen LogP contribution is 2.33. The van der Waals surface area contributed by atoms with E-state index in [1.807, 2.05) is 0 Å². The van der Waals surface area contributed by atoms with Crippen molar-refractivity contribution in [2.24, 2.45) is 0 Å². The van der Waals surface area contributed by atoms with Gasteiger partial charge in [-0.25, -0.2) is 0 Å². The second-order valence-corrected chi connectivity index (χ2v) is 5.35. The van der Waals surface area contributed by atoms with Crippen molar-refractivity contribution in [3.8, 4) is 0 Å². The maximum atomic E-state index is 8.57. The molecule has 0 aromatic heterocycles. The Hall–Kier alpha value is -0.160. The molecule has 2 fully saturated rings. The van der Waals surface area contributed by atoms with E-state index in [4.69, 9.17) is 9.84 Å². The average Bonchev–Trinajstić information content (AvgIpc) is 3.08.